The molecule has 0 aliphatic rings. The first-order valence-corrected chi connectivity index (χ1v) is 9.82. The third kappa shape index (κ3) is 6.45. The fraction of sp³-hybridized carbons (Fsp3) is 0.667. The summed E-state index contributed by atoms with van der Waals surface area (Å²) < 4.78 is 23.7. The topological polar surface area (TPSA) is 46.2 Å². The van der Waals surface area contributed by atoms with Crippen molar-refractivity contribution in [2.45, 2.75) is 32.2 Å². The highest BCUT2D eigenvalue weighted by Gasteiger charge is 2.17. The van der Waals surface area contributed by atoms with Crippen molar-refractivity contribution in [3.8, 4) is 0 Å². The average molecular weight is 344 g/mol. The number of thiophene rings is 1. The number of hydrogen-bond donors (Lipinski definition) is 1. The zero-order valence-electron chi connectivity index (χ0n) is 11.1. The van der Waals surface area contributed by atoms with E-state index in [-0.39, 0.29) is 11.8 Å². The van der Waals surface area contributed by atoms with Crippen LogP contribution in [0, 0.1) is 0 Å². The smallest absolute Gasteiger partial charge is 0.147 e. The minimum absolute atomic E-state index is 0.0675. The Kier molecular flexibility index (Phi) is 7.11. The molecule has 1 aromatic heterocycles. The number of sulfone groups is 1. The van der Waals surface area contributed by atoms with Crippen molar-refractivity contribution in [3.63, 3.8) is 0 Å². The molecule has 0 saturated heterocycles. The van der Waals surface area contributed by atoms with Gasteiger partial charge in [-0.15, -0.1) is 11.3 Å². The Morgan fingerprint density at radius 3 is 2.58 bits per heavy atom. The highest BCUT2D eigenvalue weighted by Crippen LogP contribution is 2.36. The van der Waals surface area contributed by atoms with Crippen molar-refractivity contribution in [2.24, 2.45) is 0 Å². The lowest BCUT2D eigenvalue weighted by Gasteiger charge is -2.18. The fourth-order valence-electron chi connectivity index (χ4n) is 1.83. The maximum Gasteiger partial charge on any atom is 0.147 e. The molecule has 1 atom stereocenters. The van der Waals surface area contributed by atoms with E-state index in [2.05, 4.69) is 12.2 Å². The van der Waals surface area contributed by atoms with Gasteiger partial charge < -0.3 is 5.32 Å². The summed E-state index contributed by atoms with van der Waals surface area (Å²) in [5, 5.41) is 3.39. The van der Waals surface area contributed by atoms with Crippen LogP contribution in [0.2, 0.25) is 8.67 Å². The van der Waals surface area contributed by atoms with Crippen LogP contribution >= 0.6 is 34.5 Å². The fourth-order valence-corrected chi connectivity index (χ4v) is 4.10. The molecule has 0 spiro atoms. The second-order valence-corrected chi connectivity index (χ2v) is 9.10. The summed E-state index contributed by atoms with van der Waals surface area (Å²) in [6.45, 7) is 2.95. The molecule has 1 rings (SSSR count). The largest absolute Gasteiger partial charge is 0.310 e. The van der Waals surface area contributed by atoms with Gasteiger partial charge in [0.05, 0.1) is 8.67 Å². The van der Waals surface area contributed by atoms with Gasteiger partial charge in [0, 0.05) is 23.6 Å². The van der Waals surface area contributed by atoms with Crippen LogP contribution in [0.4, 0.5) is 0 Å². The molecule has 0 bridgehead atoms. The van der Waals surface area contributed by atoms with Crippen molar-refractivity contribution in [1.29, 1.82) is 0 Å². The van der Waals surface area contributed by atoms with E-state index in [9.17, 15) is 8.42 Å². The molecule has 0 radical (unpaired) electrons. The van der Waals surface area contributed by atoms with Crippen molar-refractivity contribution in [2.75, 3.05) is 18.6 Å². The van der Waals surface area contributed by atoms with Crippen LogP contribution in [0.25, 0.3) is 0 Å². The van der Waals surface area contributed by atoms with E-state index in [4.69, 9.17) is 23.2 Å². The second-order valence-electron chi connectivity index (χ2n) is 4.56. The predicted octanol–water partition coefficient (Wildman–Crippen LogP) is 3.92. The van der Waals surface area contributed by atoms with Crippen molar-refractivity contribution >= 4 is 44.4 Å². The van der Waals surface area contributed by atoms with Gasteiger partial charge in [-0.05, 0) is 31.9 Å². The third-order valence-corrected chi connectivity index (χ3v) is 5.26. The maximum absolute atomic E-state index is 11.2. The van der Waals surface area contributed by atoms with E-state index >= 15 is 0 Å². The Balaban J connectivity index is 2.69. The zero-order valence-corrected chi connectivity index (χ0v) is 14.2. The molecule has 0 saturated carbocycles. The van der Waals surface area contributed by atoms with Crippen LogP contribution in [0.15, 0.2) is 6.07 Å². The van der Waals surface area contributed by atoms with Gasteiger partial charge >= 0.3 is 0 Å². The summed E-state index contributed by atoms with van der Waals surface area (Å²) in [5.41, 5.74) is 0.971. The molecule has 1 heterocycles. The summed E-state index contributed by atoms with van der Waals surface area (Å²) in [7, 11) is -2.91. The number of halogens is 2. The molecule has 0 amide bonds. The van der Waals surface area contributed by atoms with E-state index < -0.39 is 9.84 Å². The van der Waals surface area contributed by atoms with Gasteiger partial charge in [0.2, 0.25) is 0 Å². The SMILES string of the molecule is CCCNC(CCCS(C)(=O)=O)c1cc(Cl)sc1Cl. The van der Waals surface area contributed by atoms with E-state index in [1.54, 1.807) is 0 Å². The first-order valence-electron chi connectivity index (χ1n) is 6.19. The van der Waals surface area contributed by atoms with Crippen LogP contribution in [-0.4, -0.2) is 27.0 Å². The standard InChI is InChI=1S/C12H19Cl2NO2S2/c1-3-6-15-10(5-4-7-19(2,16)17)9-8-11(13)18-12(9)14/h8,10,15H,3-7H2,1-2H3. The molecule has 0 aromatic carbocycles. The zero-order chi connectivity index (χ0) is 14.5. The minimum Gasteiger partial charge on any atom is -0.310 e. The highest BCUT2D eigenvalue weighted by molar-refractivity contribution is 7.90. The Morgan fingerprint density at radius 2 is 2.11 bits per heavy atom. The Morgan fingerprint density at radius 1 is 1.42 bits per heavy atom. The maximum atomic E-state index is 11.2. The molecule has 110 valence electrons. The molecule has 1 N–H and O–H groups in total. The van der Waals surface area contributed by atoms with Gasteiger partial charge in [0.1, 0.15) is 9.84 Å². The highest BCUT2D eigenvalue weighted by atomic mass is 35.5. The lowest BCUT2D eigenvalue weighted by molar-refractivity contribution is 0.493. The average Bonchev–Trinajstić information content (AvgIpc) is 2.61. The molecule has 0 fully saturated rings. The first-order chi connectivity index (χ1) is 8.83. The number of hydrogen-bond acceptors (Lipinski definition) is 4. The van der Waals surface area contributed by atoms with Gasteiger partial charge in [-0.3, -0.25) is 0 Å². The number of rotatable bonds is 8. The molecule has 0 aliphatic heterocycles. The van der Waals surface area contributed by atoms with Crippen LogP contribution in [0.5, 0.6) is 0 Å². The summed E-state index contributed by atoms with van der Waals surface area (Å²) in [5.74, 6) is 0.201. The molecule has 0 aliphatic carbocycles. The van der Waals surface area contributed by atoms with E-state index in [1.165, 1.54) is 17.6 Å². The molecule has 19 heavy (non-hydrogen) atoms. The second kappa shape index (κ2) is 7.84. The summed E-state index contributed by atoms with van der Waals surface area (Å²) in [4.78, 5) is 0. The number of nitrogens with one attached hydrogen (secondary N) is 1. The molecule has 3 nitrogen and oxygen atoms in total. The lowest BCUT2D eigenvalue weighted by atomic mass is 10.1. The normalized spacial score (nSPS) is 13.7. The van der Waals surface area contributed by atoms with Crippen LogP contribution in [0.1, 0.15) is 37.8 Å². The molecule has 7 heteroatoms. The van der Waals surface area contributed by atoms with Crippen LogP contribution in [0.3, 0.4) is 0 Å². The van der Waals surface area contributed by atoms with Crippen LogP contribution in [-0.2, 0) is 9.84 Å². The first kappa shape index (κ1) is 17.2. The van der Waals surface area contributed by atoms with E-state index in [0.717, 1.165) is 24.9 Å². The van der Waals surface area contributed by atoms with Gasteiger partial charge in [-0.2, -0.15) is 0 Å². The van der Waals surface area contributed by atoms with Gasteiger partial charge in [0.15, 0.2) is 0 Å². The Hall–Kier alpha value is 0.190. The molecule has 1 aromatic rings. The van der Waals surface area contributed by atoms with Gasteiger partial charge in [0.25, 0.3) is 0 Å². The van der Waals surface area contributed by atoms with Crippen LogP contribution < -0.4 is 5.32 Å². The van der Waals surface area contributed by atoms with Gasteiger partial charge in [-0.1, -0.05) is 30.1 Å². The third-order valence-electron chi connectivity index (χ3n) is 2.71. The summed E-state index contributed by atoms with van der Waals surface area (Å²) in [6, 6.07) is 1.93. The minimum atomic E-state index is -2.91. The van der Waals surface area contributed by atoms with Crippen molar-refractivity contribution in [3.05, 3.63) is 20.3 Å². The van der Waals surface area contributed by atoms with E-state index in [1.807, 2.05) is 6.07 Å². The molecular weight excluding hydrogens is 325 g/mol. The molecule has 1 unspecified atom stereocenters. The quantitative estimate of drug-likeness (QED) is 0.777. The summed E-state index contributed by atoms with van der Waals surface area (Å²) in [6.07, 6.45) is 3.62. The Labute approximate surface area is 129 Å². The summed E-state index contributed by atoms with van der Waals surface area (Å²) >= 11 is 13.5. The predicted molar refractivity (Wildman–Crippen MR) is 84.3 cm³/mol. The lowest BCUT2D eigenvalue weighted by Crippen LogP contribution is -2.22. The van der Waals surface area contributed by atoms with E-state index in [0.29, 0.717) is 15.1 Å². The molecular formula is C12H19Cl2NO2S2. The van der Waals surface area contributed by atoms with Gasteiger partial charge in [-0.25, -0.2) is 8.42 Å². The van der Waals surface area contributed by atoms with Crippen molar-refractivity contribution < 1.29 is 8.42 Å². The van der Waals surface area contributed by atoms with Crippen molar-refractivity contribution in [1.82, 2.24) is 5.32 Å². The Bertz CT molecular complexity index is 500. The monoisotopic (exact) mass is 343 g/mol.